The molecule has 0 heterocycles. The van der Waals surface area contributed by atoms with E-state index in [1.165, 1.54) is 6.92 Å². The summed E-state index contributed by atoms with van der Waals surface area (Å²) in [7, 11) is 0. The Kier molecular flexibility index (Phi) is 4.91. The summed E-state index contributed by atoms with van der Waals surface area (Å²) in [5.41, 5.74) is 13.7. The van der Waals surface area contributed by atoms with Gasteiger partial charge in [0.25, 0.3) is 0 Å². The second-order valence-electron chi connectivity index (χ2n) is 9.81. The second-order valence-corrected chi connectivity index (χ2v) is 9.81. The Morgan fingerprint density at radius 2 is 2.10 bits per heavy atom. The van der Waals surface area contributed by atoms with E-state index in [1.54, 1.807) is 0 Å². The van der Waals surface area contributed by atoms with E-state index in [-0.39, 0.29) is 29.8 Å². The quantitative estimate of drug-likeness (QED) is 0.328. The smallest absolute Gasteiger partial charge is 0.304 e. The number of esters is 1. The van der Waals surface area contributed by atoms with Gasteiger partial charge >= 0.3 is 5.97 Å². The molecule has 6 heteroatoms. The molecule has 8 unspecified atom stereocenters. The molecule has 0 aromatic carbocycles. The average Bonchev–Trinajstić information content (AvgIpc) is 3.07. The van der Waals surface area contributed by atoms with Gasteiger partial charge in [0.15, 0.2) is 5.60 Å². The van der Waals surface area contributed by atoms with Crippen LogP contribution in [-0.4, -0.2) is 28.7 Å². The Labute approximate surface area is 173 Å². The third-order valence-electron chi connectivity index (χ3n) is 8.71. The summed E-state index contributed by atoms with van der Waals surface area (Å²) in [6, 6.07) is -0.269. The molecule has 4 aliphatic rings. The summed E-state index contributed by atoms with van der Waals surface area (Å²) >= 11 is 0. The van der Waals surface area contributed by atoms with Crippen LogP contribution in [0.15, 0.2) is 16.8 Å². The number of ether oxygens (including phenoxy) is 1. The maximum Gasteiger partial charge on any atom is 0.304 e. The van der Waals surface area contributed by atoms with E-state index in [0.717, 1.165) is 44.1 Å². The summed E-state index contributed by atoms with van der Waals surface area (Å²) in [5.74, 6) is 3.26. The van der Waals surface area contributed by atoms with Gasteiger partial charge in [0.1, 0.15) is 6.04 Å². The van der Waals surface area contributed by atoms with Crippen molar-refractivity contribution in [2.24, 2.45) is 40.3 Å². The third-order valence-corrected chi connectivity index (χ3v) is 8.71. The largest absolute Gasteiger partial charge is 0.446 e. The highest BCUT2D eigenvalue weighted by molar-refractivity contribution is 5.67. The van der Waals surface area contributed by atoms with Gasteiger partial charge in [0, 0.05) is 23.9 Å². The van der Waals surface area contributed by atoms with Gasteiger partial charge in [-0.1, -0.05) is 36.1 Å². The fourth-order valence-electron chi connectivity index (χ4n) is 7.49. The first-order valence-electron chi connectivity index (χ1n) is 11.0. The van der Waals surface area contributed by atoms with Crippen LogP contribution in [0.2, 0.25) is 0 Å². The van der Waals surface area contributed by atoms with E-state index in [1.807, 2.05) is 6.08 Å². The Morgan fingerprint density at radius 3 is 2.72 bits per heavy atom. The van der Waals surface area contributed by atoms with Crippen molar-refractivity contribution in [1.29, 1.82) is 0 Å². The van der Waals surface area contributed by atoms with Gasteiger partial charge in [-0.3, -0.25) is 4.79 Å². The molecule has 4 N–H and O–H groups in total. The van der Waals surface area contributed by atoms with Crippen molar-refractivity contribution in [3.05, 3.63) is 16.6 Å². The molecule has 3 saturated carbocycles. The van der Waals surface area contributed by atoms with Crippen LogP contribution in [0, 0.1) is 40.9 Å². The molecule has 158 valence electrons. The summed E-state index contributed by atoms with van der Waals surface area (Å²) in [5, 5.41) is 3.25. The Morgan fingerprint density at radius 1 is 1.34 bits per heavy atom. The van der Waals surface area contributed by atoms with Crippen LogP contribution in [0.25, 0.3) is 0 Å². The van der Waals surface area contributed by atoms with Gasteiger partial charge < -0.3 is 16.2 Å². The number of nitrogens with two attached hydrogens (primary N) is 2. The van der Waals surface area contributed by atoms with E-state index in [2.05, 4.69) is 18.0 Å². The van der Waals surface area contributed by atoms with Crippen molar-refractivity contribution in [3.63, 3.8) is 0 Å². The first-order valence-corrected chi connectivity index (χ1v) is 11.0. The van der Waals surface area contributed by atoms with Crippen LogP contribution in [-0.2, 0) is 9.53 Å². The molecule has 0 radical (unpaired) electrons. The molecule has 6 nitrogen and oxygen atoms in total. The first kappa shape index (κ1) is 20.6. The topological polar surface area (TPSA) is 108 Å². The van der Waals surface area contributed by atoms with Gasteiger partial charge in [-0.2, -0.15) is 4.91 Å². The highest BCUT2D eigenvalue weighted by atomic mass is 16.6. The molecular formula is C23H33N3O3. The zero-order valence-corrected chi connectivity index (χ0v) is 17.5. The zero-order valence-electron chi connectivity index (χ0n) is 17.5. The average molecular weight is 400 g/mol. The fraction of sp³-hybridized carbons (Fsp3) is 0.783. The number of carbonyl (C=O) groups is 1. The van der Waals surface area contributed by atoms with E-state index in [0.29, 0.717) is 18.8 Å². The van der Waals surface area contributed by atoms with Crippen molar-refractivity contribution in [3.8, 4) is 12.3 Å². The Bertz CT molecular complexity index is 789. The molecule has 29 heavy (non-hydrogen) atoms. The van der Waals surface area contributed by atoms with Gasteiger partial charge in [0.05, 0.1) is 0 Å². The summed E-state index contributed by atoms with van der Waals surface area (Å²) < 4.78 is 5.81. The van der Waals surface area contributed by atoms with Gasteiger partial charge in [0.2, 0.25) is 0 Å². The van der Waals surface area contributed by atoms with Crippen molar-refractivity contribution >= 4 is 5.97 Å². The molecule has 0 saturated heterocycles. The number of hydrogen-bond donors (Lipinski definition) is 2. The number of hydrogen-bond acceptors (Lipinski definition) is 6. The second kappa shape index (κ2) is 6.92. The molecule has 0 spiro atoms. The minimum Gasteiger partial charge on any atom is -0.446 e. The molecule has 0 bridgehead atoms. The van der Waals surface area contributed by atoms with Gasteiger partial charge in [-0.25, -0.2) is 0 Å². The predicted octanol–water partition coefficient (Wildman–Crippen LogP) is 3.04. The van der Waals surface area contributed by atoms with Crippen LogP contribution < -0.4 is 11.5 Å². The van der Waals surface area contributed by atoms with Crippen molar-refractivity contribution in [2.45, 2.75) is 87.9 Å². The minimum atomic E-state index is -0.856. The van der Waals surface area contributed by atoms with E-state index in [4.69, 9.17) is 22.6 Å². The van der Waals surface area contributed by atoms with Crippen LogP contribution in [0.1, 0.15) is 65.2 Å². The lowest BCUT2D eigenvalue weighted by molar-refractivity contribution is -0.161. The first-order chi connectivity index (χ1) is 13.7. The summed E-state index contributed by atoms with van der Waals surface area (Å²) in [6.07, 6.45) is 14.4. The number of terminal acetylenes is 1. The lowest BCUT2D eigenvalue weighted by atomic mass is 9.46. The number of carbonyl (C=O) groups excluding carboxylic acids is 1. The number of nitrogens with zero attached hydrogens (tertiary/aromatic N) is 1. The maximum atomic E-state index is 11.9. The number of rotatable bonds is 3. The molecule has 0 aliphatic heterocycles. The van der Waals surface area contributed by atoms with E-state index < -0.39 is 16.7 Å². The van der Waals surface area contributed by atoms with Gasteiger partial charge in [-0.05, 0) is 62.7 Å². The normalized spacial score (nSPS) is 48.4. The third kappa shape index (κ3) is 2.81. The van der Waals surface area contributed by atoms with Crippen LogP contribution in [0.5, 0.6) is 0 Å². The van der Waals surface area contributed by atoms with E-state index >= 15 is 0 Å². The lowest BCUT2D eigenvalue weighted by Crippen LogP contribution is -2.72. The minimum absolute atomic E-state index is 0.0739. The zero-order chi connectivity index (χ0) is 21.0. The van der Waals surface area contributed by atoms with Crippen LogP contribution >= 0.6 is 0 Å². The number of fused-ring (bicyclic) bond motifs is 5. The predicted molar refractivity (Wildman–Crippen MR) is 111 cm³/mol. The highest BCUT2D eigenvalue weighted by Crippen LogP contribution is 2.63. The molecular weight excluding hydrogens is 366 g/mol. The fourth-order valence-corrected chi connectivity index (χ4v) is 7.49. The number of nitroso groups, excluding NO2 is 1. The molecule has 8 atom stereocenters. The molecule has 3 fully saturated rings. The van der Waals surface area contributed by atoms with Crippen molar-refractivity contribution in [2.75, 3.05) is 0 Å². The monoisotopic (exact) mass is 399 g/mol. The van der Waals surface area contributed by atoms with Crippen molar-refractivity contribution in [1.82, 2.24) is 0 Å². The molecule has 0 amide bonds. The molecule has 4 aliphatic carbocycles. The van der Waals surface area contributed by atoms with E-state index in [9.17, 15) is 9.70 Å². The van der Waals surface area contributed by atoms with Gasteiger partial charge in [-0.15, -0.1) is 6.42 Å². The molecule has 0 aromatic heterocycles. The molecule has 4 rings (SSSR count). The Hall–Kier alpha value is -1.71. The van der Waals surface area contributed by atoms with Crippen LogP contribution in [0.4, 0.5) is 0 Å². The van der Waals surface area contributed by atoms with Crippen molar-refractivity contribution < 1.29 is 9.53 Å². The van der Waals surface area contributed by atoms with Crippen LogP contribution in [0.3, 0.4) is 0 Å². The maximum absolute atomic E-state index is 11.9. The SMILES string of the molecule is C#CC1(OC(C)=O)CCC2C1C(CC)CC1C3(N)CCC(N=O)C=C3CCC21N. The summed E-state index contributed by atoms with van der Waals surface area (Å²) in [4.78, 5) is 23.0. The summed E-state index contributed by atoms with van der Waals surface area (Å²) in [6.45, 7) is 3.61. The Balaban J connectivity index is 1.75. The highest BCUT2D eigenvalue weighted by Gasteiger charge is 2.67. The molecule has 0 aromatic rings. The lowest BCUT2D eigenvalue weighted by Gasteiger charge is -2.62. The standard InChI is InChI=1S/C23H33N3O3/c1-4-15-12-19-22(24)11-7-17(26-28)13-16(22)6-10-23(19,25)18-8-9-21(5-2,20(15)18)29-14(3)27/h2,13,15,17-20H,4,6-12,24-25H2,1,3H3.